The van der Waals surface area contributed by atoms with Crippen molar-refractivity contribution in [2.24, 2.45) is 0 Å². The molecular formula is C66H52. The molecule has 0 atom stereocenters. The van der Waals surface area contributed by atoms with E-state index in [2.05, 4.69) is 230 Å². The van der Waals surface area contributed by atoms with Gasteiger partial charge in [0.05, 0.1) is 0 Å². The van der Waals surface area contributed by atoms with Crippen molar-refractivity contribution in [1.82, 2.24) is 0 Å². The van der Waals surface area contributed by atoms with E-state index < -0.39 is 0 Å². The lowest BCUT2D eigenvalue weighted by Gasteiger charge is -2.23. The summed E-state index contributed by atoms with van der Waals surface area (Å²) in [4.78, 5) is 0. The zero-order valence-corrected chi connectivity index (χ0v) is 38.9. The van der Waals surface area contributed by atoms with Gasteiger partial charge in [0.1, 0.15) is 0 Å². The van der Waals surface area contributed by atoms with E-state index in [-0.39, 0.29) is 10.8 Å². The van der Waals surface area contributed by atoms with Gasteiger partial charge in [-0.3, -0.25) is 0 Å². The van der Waals surface area contributed by atoms with Crippen LogP contribution in [-0.2, 0) is 10.8 Å². The van der Waals surface area contributed by atoms with Crippen molar-refractivity contribution >= 4 is 64.6 Å². The van der Waals surface area contributed by atoms with Crippen LogP contribution in [0.5, 0.6) is 0 Å². The number of fused-ring (bicyclic) bond motifs is 3. The fourth-order valence-corrected chi connectivity index (χ4v) is 11.7. The highest BCUT2D eigenvalue weighted by atomic mass is 14.4. The average Bonchev–Trinajstić information content (AvgIpc) is 3.56. The fourth-order valence-electron chi connectivity index (χ4n) is 11.7. The normalized spacial score (nSPS) is 13.6. The molecule has 0 aromatic heterocycles. The maximum atomic E-state index is 2.45. The molecule has 0 radical (unpaired) electrons. The van der Waals surface area contributed by atoms with Gasteiger partial charge in [-0.15, -0.1) is 0 Å². The second-order valence-electron chi connectivity index (χ2n) is 21.1. The summed E-state index contributed by atoms with van der Waals surface area (Å²) in [7, 11) is 0. The van der Waals surface area contributed by atoms with Gasteiger partial charge >= 0.3 is 0 Å². The quantitative estimate of drug-likeness (QED) is 0.151. The number of rotatable bonds is 5. The summed E-state index contributed by atoms with van der Waals surface area (Å²) < 4.78 is 0. The van der Waals surface area contributed by atoms with E-state index in [1.807, 2.05) is 0 Å². The Morgan fingerprint density at radius 3 is 1.11 bits per heavy atom. The number of benzene rings is 12. The van der Waals surface area contributed by atoms with Gasteiger partial charge in [-0.2, -0.15) is 0 Å². The highest BCUT2D eigenvalue weighted by Crippen LogP contribution is 2.51. The van der Waals surface area contributed by atoms with E-state index in [0.717, 1.165) is 0 Å². The van der Waals surface area contributed by atoms with Crippen LogP contribution < -0.4 is 0 Å². The van der Waals surface area contributed by atoms with E-state index >= 15 is 0 Å². The lowest BCUT2D eigenvalue weighted by atomic mass is 9.80. The molecule has 0 unspecified atom stereocenters. The summed E-state index contributed by atoms with van der Waals surface area (Å²) in [5.74, 6) is 0.498. The zero-order valence-electron chi connectivity index (χ0n) is 38.9. The molecule has 1 aliphatic rings. The van der Waals surface area contributed by atoms with E-state index in [0.29, 0.717) is 5.92 Å². The summed E-state index contributed by atoms with van der Waals surface area (Å²) in [6, 6.07) is 70.1. The molecule has 12 aromatic carbocycles. The lowest BCUT2D eigenvalue weighted by Crippen LogP contribution is -2.15. The van der Waals surface area contributed by atoms with E-state index in [1.165, 1.54) is 143 Å². The molecule has 12 aromatic rings. The summed E-state index contributed by atoms with van der Waals surface area (Å²) in [6.07, 6.45) is 0. The molecule has 0 bridgehead atoms. The third kappa shape index (κ3) is 5.77. The second-order valence-corrected chi connectivity index (χ2v) is 21.1. The SMILES string of the molecule is CC(C)c1cc2ccc3ccc(-c4ccc(-c5ccc6c(c5)C(C)(C)c5cc(-c7ccc(-c8ccc9ccc%10cc(C(C)(C)C)cc%11ccc8c9c%10%11)cc7)ccc5-6)cc4)c4ccc(c1)c2c34. The van der Waals surface area contributed by atoms with Crippen molar-refractivity contribution in [2.75, 3.05) is 0 Å². The molecule has 0 saturated heterocycles. The zero-order chi connectivity index (χ0) is 44.8. The minimum Gasteiger partial charge on any atom is -0.0587 e. The van der Waals surface area contributed by atoms with E-state index in [9.17, 15) is 0 Å². The molecule has 13 rings (SSSR count). The monoisotopic (exact) mass is 844 g/mol. The molecule has 0 heterocycles. The van der Waals surface area contributed by atoms with Gasteiger partial charge in [-0.05, 0) is 166 Å². The van der Waals surface area contributed by atoms with Gasteiger partial charge in [-0.25, -0.2) is 0 Å². The molecule has 0 fully saturated rings. The molecule has 0 saturated carbocycles. The van der Waals surface area contributed by atoms with Crippen LogP contribution in [0.15, 0.2) is 182 Å². The summed E-state index contributed by atoms with van der Waals surface area (Å²) in [6.45, 7) is 16.3. The van der Waals surface area contributed by atoms with Crippen molar-refractivity contribution in [3.8, 4) is 55.6 Å². The fraction of sp³-hybridized carbons (Fsp3) is 0.152. The minimum absolute atomic E-state index is 0.0992. The van der Waals surface area contributed by atoms with Gasteiger partial charge in [0.25, 0.3) is 0 Å². The van der Waals surface area contributed by atoms with E-state index in [1.54, 1.807) is 0 Å². The van der Waals surface area contributed by atoms with Gasteiger partial charge in [-0.1, -0.05) is 218 Å². The molecular weight excluding hydrogens is 793 g/mol. The molecule has 0 aliphatic heterocycles. The van der Waals surface area contributed by atoms with Gasteiger partial charge in [0.2, 0.25) is 0 Å². The van der Waals surface area contributed by atoms with Gasteiger partial charge in [0, 0.05) is 5.41 Å². The number of hydrogen-bond acceptors (Lipinski definition) is 0. The second kappa shape index (κ2) is 13.9. The Morgan fingerprint density at radius 1 is 0.333 bits per heavy atom. The van der Waals surface area contributed by atoms with Crippen molar-refractivity contribution in [3.63, 3.8) is 0 Å². The Morgan fingerprint density at radius 2 is 0.682 bits per heavy atom. The van der Waals surface area contributed by atoms with Gasteiger partial charge < -0.3 is 0 Å². The van der Waals surface area contributed by atoms with Crippen LogP contribution in [0, 0.1) is 0 Å². The highest BCUT2D eigenvalue weighted by molar-refractivity contribution is 6.27. The third-order valence-electron chi connectivity index (χ3n) is 15.5. The first-order valence-electron chi connectivity index (χ1n) is 23.8. The predicted octanol–water partition coefficient (Wildman–Crippen LogP) is 18.9. The van der Waals surface area contributed by atoms with E-state index in [4.69, 9.17) is 0 Å². The molecule has 0 amide bonds. The Balaban J connectivity index is 0.797. The largest absolute Gasteiger partial charge is 0.0587 e. The maximum absolute atomic E-state index is 2.45. The standard InChI is InChI=1S/C66H52/c1-38(2)51-32-47-18-16-43-20-26-53(57-30-24-48(33-51)61(47)63(43)57)41-12-8-39(9-13-41)45-22-28-55-56-29-23-46(37-60(56)66(6,7)59(55)36-45)40-10-14-42(15-11-40)54-27-21-44-17-19-49-34-52(65(3,4)5)35-50-25-31-58(54)64(44)62(49)50/h8-38H,1-7H3. The smallest absolute Gasteiger partial charge is 0.0159 e. The van der Waals surface area contributed by atoms with Crippen molar-refractivity contribution in [1.29, 1.82) is 0 Å². The number of hydrogen-bond donors (Lipinski definition) is 0. The van der Waals surface area contributed by atoms with Crippen LogP contribution >= 0.6 is 0 Å². The Kier molecular flexibility index (Phi) is 8.22. The third-order valence-corrected chi connectivity index (χ3v) is 15.5. The summed E-state index contributed by atoms with van der Waals surface area (Å²) in [5.41, 5.74) is 18.3. The van der Waals surface area contributed by atoms with Crippen LogP contribution in [0.1, 0.15) is 76.6 Å². The Bertz CT molecular complexity index is 3890. The van der Waals surface area contributed by atoms with Gasteiger partial charge in [0.15, 0.2) is 0 Å². The first kappa shape index (κ1) is 39.1. The van der Waals surface area contributed by atoms with Crippen molar-refractivity contribution in [2.45, 2.75) is 65.2 Å². The maximum Gasteiger partial charge on any atom is 0.0159 e. The Hall–Kier alpha value is -7.28. The Labute approximate surface area is 387 Å². The van der Waals surface area contributed by atoms with Crippen LogP contribution in [-0.4, -0.2) is 0 Å². The van der Waals surface area contributed by atoms with Crippen LogP contribution in [0.3, 0.4) is 0 Å². The van der Waals surface area contributed by atoms with Crippen LogP contribution in [0.2, 0.25) is 0 Å². The highest BCUT2D eigenvalue weighted by Gasteiger charge is 2.36. The lowest BCUT2D eigenvalue weighted by molar-refractivity contribution is 0.591. The van der Waals surface area contributed by atoms with Crippen molar-refractivity contribution < 1.29 is 0 Å². The predicted molar refractivity (Wildman–Crippen MR) is 286 cm³/mol. The molecule has 0 heteroatoms. The summed E-state index contributed by atoms with van der Waals surface area (Å²) >= 11 is 0. The summed E-state index contributed by atoms with van der Waals surface area (Å²) in [5, 5.41) is 16.1. The minimum atomic E-state index is -0.135. The molecule has 316 valence electrons. The molecule has 66 heavy (non-hydrogen) atoms. The molecule has 0 N–H and O–H groups in total. The van der Waals surface area contributed by atoms with Crippen LogP contribution in [0.4, 0.5) is 0 Å². The molecule has 0 nitrogen and oxygen atoms in total. The molecule has 1 aliphatic carbocycles. The average molecular weight is 845 g/mol. The topological polar surface area (TPSA) is 0 Å². The van der Waals surface area contributed by atoms with Crippen LogP contribution in [0.25, 0.3) is 120 Å². The van der Waals surface area contributed by atoms with Crippen molar-refractivity contribution in [3.05, 3.63) is 204 Å². The first-order chi connectivity index (χ1) is 31.9. The molecule has 0 spiro atoms. The first-order valence-corrected chi connectivity index (χ1v) is 23.8.